The van der Waals surface area contributed by atoms with E-state index in [0.29, 0.717) is 28.7 Å². The number of hydrogen-bond acceptors (Lipinski definition) is 15. The fourth-order valence-corrected chi connectivity index (χ4v) is 12.3. The Hall–Kier alpha value is -12.7. The molecule has 0 unspecified atom stereocenters. The van der Waals surface area contributed by atoms with Crippen LogP contribution in [0.15, 0.2) is 328 Å². The predicted octanol–water partition coefficient (Wildman–Crippen LogP) is 22.9. The molecular formula is C101H78Ir4N14O2-8. The van der Waals surface area contributed by atoms with Crippen molar-refractivity contribution in [1.82, 2.24) is 59.8 Å². The van der Waals surface area contributed by atoms with Crippen LogP contribution in [0.5, 0.6) is 0 Å². The summed E-state index contributed by atoms with van der Waals surface area (Å²) in [5, 5.41) is 29.6. The molecule has 20 heteroatoms. The van der Waals surface area contributed by atoms with Gasteiger partial charge in [-0.2, -0.15) is 6.21 Å². The number of aromatic nitrogens is 12. The Kier molecular flexibility index (Phi) is 36.1. The average molecular weight is 2290 g/mol. The Morgan fingerprint density at radius 3 is 1.35 bits per heavy atom. The number of carbonyl (C=O) groups is 1. The predicted molar refractivity (Wildman–Crippen MR) is 474 cm³/mol. The van der Waals surface area contributed by atoms with E-state index >= 15 is 0 Å². The SMILES string of the molecule is CC(=Nc1cc2cnccc2cc1C=[N-])c1[c-]cccc1.CC(=O)C=C(C)O.Cc1[c-]c(-c2ccccn2)cc(C)c1.Cc1cnc(-c2[c-]cccc2)cc1C.[CH3-].[Ir].[Ir].[Ir].[Ir].[c-]1ccccc1-c1ncc2cc3ccncc3cc2n1.[c-]1ccccc1-c1ncc2cc3ccncc3cc2n1.[c-]1ccccc1-c1ncc2ccc3cnccc3c2n1. The average Bonchev–Trinajstić information content (AvgIpc) is 0.792. The van der Waals surface area contributed by atoms with Crippen LogP contribution in [0.2, 0.25) is 0 Å². The van der Waals surface area contributed by atoms with E-state index in [9.17, 15) is 10.2 Å². The van der Waals surface area contributed by atoms with Gasteiger partial charge in [-0.25, -0.2) is 0 Å². The molecule has 608 valence electrons. The quantitative estimate of drug-likeness (QED) is 0.0354. The molecule has 0 atom stereocenters. The summed E-state index contributed by atoms with van der Waals surface area (Å²) in [5.74, 6) is 2.03. The van der Waals surface area contributed by atoms with E-state index in [1.54, 1.807) is 37.2 Å². The smallest absolute Gasteiger partial charge is 0.155 e. The molecule has 0 aliphatic rings. The van der Waals surface area contributed by atoms with Gasteiger partial charge in [0, 0.05) is 210 Å². The van der Waals surface area contributed by atoms with Crippen molar-refractivity contribution in [3.63, 3.8) is 0 Å². The van der Waals surface area contributed by atoms with E-state index in [1.165, 1.54) is 36.6 Å². The summed E-state index contributed by atoms with van der Waals surface area (Å²) >= 11 is 0. The van der Waals surface area contributed by atoms with Crippen LogP contribution in [0.1, 0.15) is 54.2 Å². The maximum absolute atomic E-state index is 10.0. The molecule has 19 rings (SSSR count). The molecule has 0 aliphatic heterocycles. The third-order valence-corrected chi connectivity index (χ3v) is 18.1. The van der Waals surface area contributed by atoms with Crippen molar-refractivity contribution in [3.05, 3.63) is 406 Å². The number of fused-ring (bicyclic) bond motifs is 8. The van der Waals surface area contributed by atoms with Gasteiger partial charge in [-0.15, -0.1) is 214 Å². The van der Waals surface area contributed by atoms with Gasteiger partial charge in [0.15, 0.2) is 5.78 Å². The molecule has 0 saturated carbocycles. The molecule has 1 N–H and O–H groups in total. The first kappa shape index (κ1) is 93.8. The molecule has 19 aromatic rings. The van der Waals surface area contributed by atoms with Crippen LogP contribution in [0.3, 0.4) is 0 Å². The van der Waals surface area contributed by atoms with Gasteiger partial charge in [0.2, 0.25) is 0 Å². The van der Waals surface area contributed by atoms with Crippen molar-refractivity contribution < 1.29 is 90.3 Å². The number of aliphatic hydroxyl groups excluding tert-OH is 1. The largest absolute Gasteiger partial charge is 0.810 e. The van der Waals surface area contributed by atoms with E-state index < -0.39 is 0 Å². The van der Waals surface area contributed by atoms with Crippen LogP contribution in [-0.2, 0) is 85.2 Å². The first-order valence-electron chi connectivity index (χ1n) is 37.1. The number of rotatable bonds is 9. The molecule has 0 amide bonds. The molecule has 4 radical (unpaired) electrons. The van der Waals surface area contributed by atoms with Gasteiger partial charge in [0.25, 0.3) is 0 Å². The zero-order chi connectivity index (χ0) is 80.5. The van der Waals surface area contributed by atoms with Gasteiger partial charge in [0.05, 0.1) is 45.5 Å². The molecule has 0 aliphatic carbocycles. The van der Waals surface area contributed by atoms with E-state index in [-0.39, 0.29) is 99.4 Å². The van der Waals surface area contributed by atoms with Crippen LogP contribution in [-0.4, -0.2) is 82.6 Å². The minimum atomic E-state index is -0.125. The zero-order valence-electron chi connectivity index (χ0n) is 67.0. The molecule has 10 aromatic carbocycles. The van der Waals surface area contributed by atoms with E-state index in [1.807, 2.05) is 250 Å². The molecule has 16 nitrogen and oxygen atoms in total. The van der Waals surface area contributed by atoms with Crippen molar-refractivity contribution >= 4 is 99.2 Å². The fourth-order valence-electron chi connectivity index (χ4n) is 12.3. The molecule has 0 fully saturated rings. The van der Waals surface area contributed by atoms with Gasteiger partial charge in [-0.05, 0) is 139 Å². The maximum atomic E-state index is 10.0. The Balaban J connectivity index is 0.000000177. The standard InChI is InChI=1S/C18H13N3.3C17H10N3.2C13H12N.C5H8O2.CH3.4Ir/c1-13(14-5-3-2-4-6-14)21-18-10-17-12-20-8-7-15(17)9-16(18)11-19;2*1-2-4-12(5-3-1)17-19-11-15-8-13-6-7-18-10-14(13)9-16(15)20-17;1-2-4-12(5-3-1)17-19-11-14-7-6-13-10-18-9-8-15(13)16(14)20-17;1-10-7-11(2)9-12(8-10)13-5-3-4-6-14-13;1-10-8-13(14-9-11(10)2)12-6-4-3-5-7-12;1-4(6)3-5(2)7;;;;;/h2-5,7-12H,1H3;3*1-4,6-11H;3-8H,1-2H3;3-6,8-9H,1-2H3;3,6H,1-2H3;1H3;;;;/q-2;5*-1;;-1;;;;. The molecular weight excluding hydrogens is 2210 g/mol. The van der Waals surface area contributed by atoms with E-state index in [4.69, 9.17) is 10.1 Å². The molecule has 0 saturated heterocycles. The molecule has 121 heavy (non-hydrogen) atoms. The van der Waals surface area contributed by atoms with Crippen LogP contribution < -0.4 is 0 Å². The van der Waals surface area contributed by atoms with Crippen molar-refractivity contribution in [1.29, 1.82) is 0 Å². The number of aliphatic imine (C=N–C) groups is 1. The summed E-state index contributed by atoms with van der Waals surface area (Å²) in [4.78, 5) is 67.1. The topological polar surface area (TPSA) is 227 Å². The fraction of sp³-hybridized carbons (Fsp3) is 0.0693. The Morgan fingerprint density at radius 2 is 0.876 bits per heavy atom. The Labute approximate surface area is 758 Å². The summed E-state index contributed by atoms with van der Waals surface area (Å²) in [7, 11) is 0. The second kappa shape index (κ2) is 46.6. The third-order valence-electron chi connectivity index (χ3n) is 18.1. The van der Waals surface area contributed by atoms with Crippen molar-refractivity contribution in [2.75, 3.05) is 0 Å². The molecule has 9 heterocycles. The number of aryl methyl sites for hydroxylation is 4. The van der Waals surface area contributed by atoms with Gasteiger partial charge < -0.3 is 32.9 Å². The van der Waals surface area contributed by atoms with Gasteiger partial charge in [-0.1, -0.05) is 56.7 Å². The number of carbonyl (C=O) groups excluding carboxylic acids is 1. The number of hydrogen-bond donors (Lipinski definition) is 1. The van der Waals surface area contributed by atoms with Gasteiger partial charge in [0.1, 0.15) is 0 Å². The summed E-state index contributed by atoms with van der Waals surface area (Å²) in [5.41, 5.74) is 17.7. The number of pyridine rings is 6. The van der Waals surface area contributed by atoms with Crippen molar-refractivity contribution in [2.45, 2.75) is 48.5 Å². The molecule has 0 bridgehead atoms. The zero-order valence-corrected chi connectivity index (χ0v) is 76.6. The van der Waals surface area contributed by atoms with Gasteiger partial charge in [-0.3, -0.25) is 54.6 Å². The number of nitrogens with zero attached hydrogens (tertiary/aromatic N) is 14. The Bertz CT molecular complexity index is 6490. The van der Waals surface area contributed by atoms with Crippen LogP contribution >= 0.6 is 0 Å². The number of ketones is 1. The number of aliphatic hydroxyl groups is 1. The van der Waals surface area contributed by atoms with Gasteiger partial charge >= 0.3 is 0 Å². The van der Waals surface area contributed by atoms with Crippen molar-refractivity contribution in [3.8, 4) is 56.7 Å². The second-order valence-electron chi connectivity index (χ2n) is 26.8. The second-order valence-corrected chi connectivity index (χ2v) is 26.8. The van der Waals surface area contributed by atoms with Crippen LogP contribution in [0.4, 0.5) is 5.69 Å². The molecule has 9 aromatic heterocycles. The summed E-state index contributed by atoms with van der Waals surface area (Å²) < 4.78 is 0. The Morgan fingerprint density at radius 1 is 0.397 bits per heavy atom. The van der Waals surface area contributed by atoms with Crippen LogP contribution in [0.25, 0.3) is 138 Å². The minimum absolute atomic E-state index is 0. The number of allylic oxidation sites excluding steroid dienone is 2. The van der Waals surface area contributed by atoms with Crippen molar-refractivity contribution in [2.24, 2.45) is 4.99 Å². The first-order valence-corrected chi connectivity index (χ1v) is 37.1. The summed E-state index contributed by atoms with van der Waals surface area (Å²) in [6.07, 6.45) is 26.0. The monoisotopic (exact) mass is 2290 g/mol. The van der Waals surface area contributed by atoms with E-state index in [2.05, 4.69) is 154 Å². The van der Waals surface area contributed by atoms with Crippen LogP contribution in [0, 0.1) is 71.5 Å². The summed E-state index contributed by atoms with van der Waals surface area (Å²) in [6.45, 7) is 13.1. The van der Waals surface area contributed by atoms with E-state index in [0.717, 1.165) is 138 Å². The maximum Gasteiger partial charge on any atom is 0.155 e. The normalized spacial score (nSPS) is 10.5. The minimum Gasteiger partial charge on any atom is -0.810 e. The molecule has 0 spiro atoms. The number of benzene rings is 10. The third kappa shape index (κ3) is 25.9. The first-order chi connectivity index (χ1) is 56.6. The summed E-state index contributed by atoms with van der Waals surface area (Å²) in [6, 6.07) is 94.2.